The predicted molar refractivity (Wildman–Crippen MR) is 97.0 cm³/mol. The minimum atomic E-state index is -0.703. The van der Waals surface area contributed by atoms with Gasteiger partial charge in [-0.05, 0) is 30.7 Å². The van der Waals surface area contributed by atoms with E-state index in [0.29, 0.717) is 28.5 Å². The summed E-state index contributed by atoms with van der Waals surface area (Å²) in [6.45, 7) is 1.54. The summed E-state index contributed by atoms with van der Waals surface area (Å²) >= 11 is 0. The van der Waals surface area contributed by atoms with E-state index in [4.69, 9.17) is 0 Å². The molecule has 4 rings (SSSR count). The van der Waals surface area contributed by atoms with Crippen molar-refractivity contribution >= 4 is 28.4 Å². The number of rotatable bonds is 3. The number of nitrogens with one attached hydrogen (secondary N) is 2. The first-order chi connectivity index (χ1) is 13.0. The monoisotopic (exact) mass is 366 g/mol. The quantitative estimate of drug-likeness (QED) is 0.694. The van der Waals surface area contributed by atoms with Gasteiger partial charge in [-0.3, -0.25) is 9.59 Å². The van der Waals surface area contributed by atoms with Crippen LogP contribution in [0.3, 0.4) is 0 Å². The molecule has 0 radical (unpaired) electrons. The second kappa shape index (κ2) is 6.31. The average Bonchev–Trinajstić information content (AvgIpc) is 2.91. The fourth-order valence-corrected chi connectivity index (χ4v) is 3.17. The molecule has 8 heteroatoms. The maximum Gasteiger partial charge on any atom is 0.329 e. The Kier molecular flexibility index (Phi) is 3.95. The number of imide groups is 1. The number of carbonyl (C=O) groups excluding carboxylic acids is 2. The van der Waals surface area contributed by atoms with Crippen LogP contribution in [0.4, 0.5) is 14.9 Å². The number of fused-ring (bicyclic) bond motifs is 1. The smallest absolute Gasteiger partial charge is 0.326 e. The molecule has 1 aliphatic heterocycles. The first-order valence-corrected chi connectivity index (χ1v) is 8.35. The molecule has 2 aromatic carbocycles. The molecule has 1 unspecified atom stereocenters. The summed E-state index contributed by atoms with van der Waals surface area (Å²) in [6.07, 6.45) is 0.295. The van der Waals surface area contributed by atoms with Gasteiger partial charge in [-0.15, -0.1) is 0 Å². The van der Waals surface area contributed by atoms with Crippen LogP contribution < -0.4 is 15.8 Å². The van der Waals surface area contributed by atoms with E-state index >= 15 is 0 Å². The molecule has 0 bridgehead atoms. The molecular weight excluding hydrogens is 351 g/mol. The molecule has 1 aliphatic rings. The van der Waals surface area contributed by atoms with Crippen molar-refractivity contribution in [3.05, 3.63) is 69.9 Å². The molecule has 2 heterocycles. The number of anilines is 1. The molecule has 3 aromatic rings. The molecule has 3 amide bonds. The summed E-state index contributed by atoms with van der Waals surface area (Å²) in [5.74, 6) is -1.18. The second-order valence-corrected chi connectivity index (χ2v) is 6.35. The molecule has 0 aliphatic carbocycles. The van der Waals surface area contributed by atoms with Crippen molar-refractivity contribution < 1.29 is 14.0 Å². The molecule has 136 valence electrons. The van der Waals surface area contributed by atoms with Crippen LogP contribution in [0.2, 0.25) is 0 Å². The lowest BCUT2D eigenvalue weighted by Crippen LogP contribution is -2.31. The Labute approximate surface area is 152 Å². The summed E-state index contributed by atoms with van der Waals surface area (Å²) in [6, 6.07) is 9.91. The molecule has 0 spiro atoms. The number of H-pyrrole nitrogens is 1. The van der Waals surface area contributed by atoms with Crippen molar-refractivity contribution in [2.24, 2.45) is 0 Å². The Bertz CT molecular complexity index is 1140. The number of benzene rings is 2. The number of nitrogens with zero attached hydrogens (tertiary/aromatic N) is 2. The Morgan fingerprint density at radius 3 is 2.56 bits per heavy atom. The van der Waals surface area contributed by atoms with Gasteiger partial charge in [0.1, 0.15) is 11.9 Å². The van der Waals surface area contributed by atoms with E-state index in [2.05, 4.69) is 15.5 Å². The van der Waals surface area contributed by atoms with Gasteiger partial charge in [0.25, 0.3) is 11.5 Å². The van der Waals surface area contributed by atoms with Gasteiger partial charge in [0, 0.05) is 11.8 Å². The van der Waals surface area contributed by atoms with Crippen molar-refractivity contribution in [3.8, 4) is 0 Å². The summed E-state index contributed by atoms with van der Waals surface area (Å²) in [5.41, 5.74) is 0.861. The summed E-state index contributed by atoms with van der Waals surface area (Å²) in [4.78, 5) is 36.9. The minimum absolute atomic E-state index is 0.104. The van der Waals surface area contributed by atoms with Crippen LogP contribution >= 0.6 is 0 Å². The van der Waals surface area contributed by atoms with Gasteiger partial charge in [0.15, 0.2) is 0 Å². The van der Waals surface area contributed by atoms with Gasteiger partial charge >= 0.3 is 6.03 Å². The van der Waals surface area contributed by atoms with Crippen molar-refractivity contribution in [2.45, 2.75) is 19.4 Å². The van der Waals surface area contributed by atoms with Crippen LogP contribution in [0.5, 0.6) is 0 Å². The molecule has 0 saturated carbocycles. The Hall–Kier alpha value is -3.55. The highest BCUT2D eigenvalue weighted by Gasteiger charge is 2.37. The first-order valence-electron chi connectivity index (χ1n) is 8.35. The third-order valence-corrected chi connectivity index (χ3v) is 4.53. The number of aromatic nitrogens is 2. The van der Waals surface area contributed by atoms with E-state index in [1.807, 2.05) is 0 Å². The SMILES string of the molecule is CC1NC(=O)N(c2cc(Cc3n[nH]c(=O)c4ccccc34)ccc2F)C1=O. The zero-order chi connectivity index (χ0) is 19.1. The van der Waals surface area contributed by atoms with Crippen LogP contribution in [-0.2, 0) is 11.2 Å². The lowest BCUT2D eigenvalue weighted by Gasteiger charge is -2.15. The van der Waals surface area contributed by atoms with Gasteiger partial charge in [-0.25, -0.2) is 19.2 Å². The van der Waals surface area contributed by atoms with Crippen LogP contribution in [0.15, 0.2) is 47.3 Å². The fourth-order valence-electron chi connectivity index (χ4n) is 3.17. The average molecular weight is 366 g/mol. The standard InChI is InChI=1S/C19H15FN4O3/c1-10-18(26)24(19(27)21-10)16-9-11(6-7-14(16)20)8-15-12-4-2-3-5-13(12)17(25)23-22-15/h2-7,9-10H,8H2,1H3,(H,21,27)(H,23,25). The number of urea groups is 1. The molecule has 27 heavy (non-hydrogen) atoms. The van der Waals surface area contributed by atoms with Gasteiger partial charge in [0.05, 0.1) is 16.8 Å². The topological polar surface area (TPSA) is 95.2 Å². The zero-order valence-corrected chi connectivity index (χ0v) is 14.3. The maximum atomic E-state index is 14.3. The minimum Gasteiger partial charge on any atom is -0.326 e. The second-order valence-electron chi connectivity index (χ2n) is 6.35. The summed E-state index contributed by atoms with van der Waals surface area (Å²) in [7, 11) is 0. The molecule has 2 N–H and O–H groups in total. The third kappa shape index (κ3) is 2.84. The van der Waals surface area contributed by atoms with Crippen LogP contribution in [0, 0.1) is 5.82 Å². The van der Waals surface area contributed by atoms with Crippen molar-refractivity contribution in [1.82, 2.24) is 15.5 Å². The van der Waals surface area contributed by atoms with Crippen LogP contribution in [-0.4, -0.2) is 28.2 Å². The number of hydrogen-bond donors (Lipinski definition) is 2. The molecule has 1 aromatic heterocycles. The van der Waals surface area contributed by atoms with Crippen molar-refractivity contribution in [1.29, 1.82) is 0 Å². The van der Waals surface area contributed by atoms with Crippen molar-refractivity contribution in [3.63, 3.8) is 0 Å². The lowest BCUT2D eigenvalue weighted by molar-refractivity contribution is -0.118. The highest BCUT2D eigenvalue weighted by atomic mass is 19.1. The van der Waals surface area contributed by atoms with Crippen LogP contribution in [0.25, 0.3) is 10.8 Å². The largest absolute Gasteiger partial charge is 0.329 e. The van der Waals surface area contributed by atoms with E-state index in [1.165, 1.54) is 12.1 Å². The Balaban J connectivity index is 1.75. The van der Waals surface area contributed by atoms with Crippen LogP contribution in [0.1, 0.15) is 18.2 Å². The van der Waals surface area contributed by atoms with E-state index in [-0.39, 0.29) is 11.2 Å². The number of amides is 3. The van der Waals surface area contributed by atoms with E-state index < -0.39 is 23.8 Å². The summed E-state index contributed by atoms with van der Waals surface area (Å²) < 4.78 is 14.3. The molecule has 7 nitrogen and oxygen atoms in total. The molecule has 1 atom stereocenters. The van der Waals surface area contributed by atoms with Gasteiger partial charge in [-0.1, -0.05) is 24.3 Å². The molecule has 1 saturated heterocycles. The Morgan fingerprint density at radius 2 is 1.85 bits per heavy atom. The zero-order valence-electron chi connectivity index (χ0n) is 14.3. The van der Waals surface area contributed by atoms with Gasteiger partial charge < -0.3 is 5.32 Å². The number of halogens is 1. The predicted octanol–water partition coefficient (Wildman–Crippen LogP) is 2.10. The fraction of sp³-hybridized carbons (Fsp3) is 0.158. The van der Waals surface area contributed by atoms with E-state index in [9.17, 15) is 18.8 Å². The normalized spacial score (nSPS) is 16.8. The third-order valence-electron chi connectivity index (χ3n) is 4.53. The van der Waals surface area contributed by atoms with E-state index in [0.717, 1.165) is 4.90 Å². The molecular formula is C19H15FN4O3. The number of aromatic amines is 1. The highest BCUT2D eigenvalue weighted by molar-refractivity contribution is 6.21. The van der Waals surface area contributed by atoms with E-state index in [1.54, 1.807) is 37.3 Å². The van der Waals surface area contributed by atoms with Crippen molar-refractivity contribution in [2.75, 3.05) is 4.90 Å². The maximum absolute atomic E-state index is 14.3. The van der Waals surface area contributed by atoms with Gasteiger partial charge in [-0.2, -0.15) is 5.10 Å². The Morgan fingerprint density at radius 1 is 1.11 bits per heavy atom. The molecule has 1 fully saturated rings. The first kappa shape index (κ1) is 16.9. The highest BCUT2D eigenvalue weighted by Crippen LogP contribution is 2.26. The number of carbonyl (C=O) groups is 2. The lowest BCUT2D eigenvalue weighted by atomic mass is 10.0. The van der Waals surface area contributed by atoms with Gasteiger partial charge in [0.2, 0.25) is 0 Å². The number of hydrogen-bond acceptors (Lipinski definition) is 4. The summed E-state index contributed by atoms with van der Waals surface area (Å²) in [5, 5.41) is 10.2.